The van der Waals surface area contributed by atoms with Gasteiger partial charge in [-0.05, 0) is 18.2 Å². The van der Waals surface area contributed by atoms with Crippen LogP contribution in [0, 0.1) is 11.3 Å². The Balaban J connectivity index is 2.50. The van der Waals surface area contributed by atoms with Crippen LogP contribution < -0.4 is 10.2 Å². The molecule has 0 aliphatic rings. The number of sulfonamides is 1. The molecule has 6 nitrogen and oxygen atoms in total. The van der Waals surface area contributed by atoms with E-state index in [4.69, 9.17) is 16.9 Å². The molecular weight excluding hydrogens is 302 g/mol. The summed E-state index contributed by atoms with van der Waals surface area (Å²) in [5.41, 5.74) is -0.537. The number of halogens is 1. The van der Waals surface area contributed by atoms with Gasteiger partial charge in [-0.1, -0.05) is 11.6 Å². The number of nitrogens with zero attached hydrogens (tertiary/aromatic N) is 1. The minimum Gasteiger partial charge on any atom is -0.366 e. The van der Waals surface area contributed by atoms with Crippen LogP contribution in [0.25, 0.3) is 0 Å². The van der Waals surface area contributed by atoms with Crippen LogP contribution in [0.3, 0.4) is 0 Å². The molecule has 8 heteroatoms. The first-order valence-electron chi connectivity index (χ1n) is 5.33. The number of nitrogens with one attached hydrogen (secondary N) is 2. The summed E-state index contributed by atoms with van der Waals surface area (Å²) in [7, 11) is -4.10. The third-order valence-corrected chi connectivity index (χ3v) is 4.05. The number of rotatable bonds is 3. The van der Waals surface area contributed by atoms with E-state index in [0.717, 1.165) is 12.3 Å². The molecule has 2 rings (SSSR count). The van der Waals surface area contributed by atoms with Crippen molar-refractivity contribution in [2.45, 2.75) is 4.90 Å². The number of H-pyrrole nitrogens is 1. The second kappa shape index (κ2) is 5.36. The van der Waals surface area contributed by atoms with Gasteiger partial charge in [0.15, 0.2) is 4.90 Å². The van der Waals surface area contributed by atoms with E-state index < -0.39 is 20.3 Å². The lowest BCUT2D eigenvalue weighted by Crippen LogP contribution is -2.21. The van der Waals surface area contributed by atoms with Gasteiger partial charge in [0.1, 0.15) is 6.07 Å². The van der Waals surface area contributed by atoms with E-state index >= 15 is 0 Å². The third-order valence-electron chi connectivity index (χ3n) is 2.42. The molecule has 1 aromatic heterocycles. The summed E-state index contributed by atoms with van der Waals surface area (Å²) >= 11 is 5.77. The van der Waals surface area contributed by atoms with Gasteiger partial charge in [0.2, 0.25) is 5.43 Å². The van der Waals surface area contributed by atoms with Crippen molar-refractivity contribution in [2.24, 2.45) is 0 Å². The van der Waals surface area contributed by atoms with Gasteiger partial charge < -0.3 is 4.98 Å². The molecule has 0 spiro atoms. The summed E-state index contributed by atoms with van der Waals surface area (Å²) in [5.74, 6) is 0. The lowest BCUT2D eigenvalue weighted by atomic mass is 10.2. The van der Waals surface area contributed by atoms with Crippen molar-refractivity contribution in [3.05, 3.63) is 57.5 Å². The molecule has 20 heavy (non-hydrogen) atoms. The maximum absolute atomic E-state index is 12.1. The molecule has 0 unspecified atom stereocenters. The standard InChI is InChI=1S/C12H8ClN3O3S/c13-9-2-1-8(6-14)10(5-9)16-20(18,19)12-7-15-4-3-11(12)17/h1-5,7,16H,(H,15,17). The van der Waals surface area contributed by atoms with Crippen LogP contribution in [0.1, 0.15) is 5.56 Å². The number of nitriles is 1. The van der Waals surface area contributed by atoms with Gasteiger partial charge in [-0.15, -0.1) is 0 Å². The van der Waals surface area contributed by atoms with E-state index in [1.54, 1.807) is 0 Å². The number of anilines is 1. The van der Waals surface area contributed by atoms with Crippen LogP contribution in [0.2, 0.25) is 5.02 Å². The van der Waals surface area contributed by atoms with Crippen molar-refractivity contribution in [3.63, 3.8) is 0 Å². The third kappa shape index (κ3) is 2.82. The Bertz CT molecular complexity index is 853. The van der Waals surface area contributed by atoms with Crippen molar-refractivity contribution in [2.75, 3.05) is 4.72 Å². The fourth-order valence-electron chi connectivity index (χ4n) is 1.51. The van der Waals surface area contributed by atoms with E-state index in [9.17, 15) is 13.2 Å². The SMILES string of the molecule is N#Cc1ccc(Cl)cc1NS(=O)(=O)c1c[nH]ccc1=O. The van der Waals surface area contributed by atoms with Crippen molar-refractivity contribution in [1.29, 1.82) is 5.26 Å². The quantitative estimate of drug-likeness (QED) is 0.900. The van der Waals surface area contributed by atoms with E-state index in [1.165, 1.54) is 24.4 Å². The normalized spacial score (nSPS) is 10.8. The highest BCUT2D eigenvalue weighted by Gasteiger charge is 2.19. The zero-order valence-electron chi connectivity index (χ0n) is 9.92. The molecule has 0 radical (unpaired) electrons. The van der Waals surface area contributed by atoms with Gasteiger partial charge in [-0.2, -0.15) is 5.26 Å². The topological polar surface area (TPSA) is 103 Å². The van der Waals surface area contributed by atoms with Gasteiger partial charge in [0, 0.05) is 23.5 Å². The second-order valence-corrected chi connectivity index (χ2v) is 5.87. The summed E-state index contributed by atoms with van der Waals surface area (Å²) in [6, 6.07) is 7.09. The Labute approximate surface area is 119 Å². The van der Waals surface area contributed by atoms with Crippen LogP contribution in [0.15, 0.2) is 46.3 Å². The summed E-state index contributed by atoms with van der Waals surface area (Å²) < 4.78 is 26.4. The fraction of sp³-hybridized carbons (Fsp3) is 0. The summed E-state index contributed by atoms with van der Waals surface area (Å²) in [5, 5.41) is 9.20. The van der Waals surface area contributed by atoms with E-state index in [0.29, 0.717) is 0 Å². The van der Waals surface area contributed by atoms with Gasteiger partial charge in [0.25, 0.3) is 10.0 Å². The Morgan fingerprint density at radius 1 is 1.30 bits per heavy atom. The number of hydrogen-bond donors (Lipinski definition) is 2. The zero-order chi connectivity index (χ0) is 14.8. The summed E-state index contributed by atoms with van der Waals surface area (Å²) in [6.07, 6.45) is 2.39. The molecule has 2 N–H and O–H groups in total. The van der Waals surface area contributed by atoms with Crippen LogP contribution in [0.4, 0.5) is 5.69 Å². The molecule has 0 saturated carbocycles. The molecule has 0 aliphatic heterocycles. The first-order chi connectivity index (χ1) is 9.44. The van der Waals surface area contributed by atoms with Crippen LogP contribution in [-0.2, 0) is 10.0 Å². The molecule has 102 valence electrons. The van der Waals surface area contributed by atoms with Gasteiger partial charge in [-0.25, -0.2) is 8.42 Å². The fourth-order valence-corrected chi connectivity index (χ4v) is 2.81. The monoisotopic (exact) mass is 309 g/mol. The number of pyridine rings is 1. The summed E-state index contributed by atoms with van der Waals surface area (Å²) in [6.45, 7) is 0. The Morgan fingerprint density at radius 3 is 2.70 bits per heavy atom. The average Bonchev–Trinajstić information content (AvgIpc) is 2.39. The average molecular weight is 310 g/mol. The molecule has 0 fully saturated rings. The summed E-state index contributed by atoms with van der Waals surface area (Å²) in [4.78, 5) is 13.6. The van der Waals surface area contributed by atoms with E-state index in [1.807, 2.05) is 6.07 Å². The maximum Gasteiger partial charge on any atom is 0.267 e. The van der Waals surface area contributed by atoms with Gasteiger partial charge in [-0.3, -0.25) is 9.52 Å². The first-order valence-corrected chi connectivity index (χ1v) is 7.20. The largest absolute Gasteiger partial charge is 0.366 e. The molecule has 2 aromatic rings. The first kappa shape index (κ1) is 14.1. The Kier molecular flexibility index (Phi) is 3.79. The zero-order valence-corrected chi connectivity index (χ0v) is 11.5. The predicted molar refractivity (Wildman–Crippen MR) is 74.0 cm³/mol. The van der Waals surface area contributed by atoms with Crippen LogP contribution in [0.5, 0.6) is 0 Å². The molecule has 0 bridgehead atoms. The molecule has 0 saturated heterocycles. The minimum atomic E-state index is -4.10. The predicted octanol–water partition coefficient (Wildman–Crippen LogP) is 1.70. The Morgan fingerprint density at radius 2 is 2.05 bits per heavy atom. The Hall–Kier alpha value is -2.30. The lowest BCUT2D eigenvalue weighted by molar-refractivity contribution is 0.600. The maximum atomic E-state index is 12.1. The highest BCUT2D eigenvalue weighted by molar-refractivity contribution is 7.92. The number of aromatic amines is 1. The van der Waals surface area contributed by atoms with E-state index in [2.05, 4.69) is 9.71 Å². The molecule has 0 aliphatic carbocycles. The van der Waals surface area contributed by atoms with Crippen LogP contribution in [-0.4, -0.2) is 13.4 Å². The molecule has 1 aromatic carbocycles. The van der Waals surface area contributed by atoms with Crippen molar-refractivity contribution in [3.8, 4) is 6.07 Å². The van der Waals surface area contributed by atoms with Crippen molar-refractivity contribution < 1.29 is 8.42 Å². The molecular formula is C12H8ClN3O3S. The smallest absolute Gasteiger partial charge is 0.267 e. The minimum absolute atomic E-state index is 0.0169. The number of aromatic nitrogens is 1. The van der Waals surface area contributed by atoms with Crippen molar-refractivity contribution >= 4 is 27.3 Å². The molecule has 1 heterocycles. The number of benzene rings is 1. The number of hydrogen-bond acceptors (Lipinski definition) is 4. The highest BCUT2D eigenvalue weighted by atomic mass is 35.5. The van der Waals surface area contributed by atoms with Crippen LogP contribution >= 0.6 is 11.6 Å². The lowest BCUT2D eigenvalue weighted by Gasteiger charge is -2.09. The van der Waals surface area contributed by atoms with Gasteiger partial charge in [0.05, 0.1) is 11.3 Å². The van der Waals surface area contributed by atoms with Gasteiger partial charge >= 0.3 is 0 Å². The molecule has 0 atom stereocenters. The highest BCUT2D eigenvalue weighted by Crippen LogP contribution is 2.22. The molecule has 0 amide bonds. The van der Waals surface area contributed by atoms with Crippen molar-refractivity contribution in [1.82, 2.24) is 4.98 Å². The van der Waals surface area contributed by atoms with E-state index in [-0.39, 0.29) is 16.3 Å². The second-order valence-electron chi connectivity index (χ2n) is 3.78.